The molecule has 0 spiro atoms. The number of hydrogen-bond donors (Lipinski definition) is 0. The number of rotatable bonds is 7. The van der Waals surface area contributed by atoms with Crippen molar-refractivity contribution >= 4 is 5.78 Å². The lowest BCUT2D eigenvalue weighted by Gasteiger charge is -2.34. The smallest absolute Gasteiger partial charge is 0.159 e. The van der Waals surface area contributed by atoms with Gasteiger partial charge in [0.05, 0.1) is 0 Å². The third-order valence-electron chi connectivity index (χ3n) is 5.22. The summed E-state index contributed by atoms with van der Waals surface area (Å²) in [6.07, 6.45) is 8.94. The molecule has 0 amide bonds. The number of ketones is 1. The normalized spacial score (nSPS) is 22.8. The van der Waals surface area contributed by atoms with Gasteiger partial charge in [0.15, 0.2) is 6.29 Å². The highest BCUT2D eigenvalue weighted by molar-refractivity contribution is 5.81. The van der Waals surface area contributed by atoms with E-state index in [0.29, 0.717) is 17.6 Å². The minimum atomic E-state index is -0.0731. The van der Waals surface area contributed by atoms with Crippen LogP contribution in [0.5, 0.6) is 0 Å². The van der Waals surface area contributed by atoms with Crippen LogP contribution >= 0.6 is 0 Å². The van der Waals surface area contributed by atoms with Gasteiger partial charge in [-0.3, -0.25) is 4.79 Å². The Bertz CT molecular complexity index is 303. The number of Topliss-reactive ketones (excluding diaryl/α,β-unsaturated/α-hetero) is 1. The highest BCUT2D eigenvalue weighted by Gasteiger charge is 2.27. The molecule has 0 aromatic heterocycles. The van der Waals surface area contributed by atoms with E-state index < -0.39 is 0 Å². The Hall–Kier alpha value is -0.450. The molecule has 4 heteroatoms. The van der Waals surface area contributed by atoms with Crippen molar-refractivity contribution in [1.29, 1.82) is 0 Å². The molecule has 0 bridgehead atoms. The lowest BCUT2D eigenvalue weighted by molar-refractivity contribution is -0.147. The molecule has 2 fully saturated rings. The zero-order valence-electron chi connectivity index (χ0n) is 13.7. The Morgan fingerprint density at radius 3 is 2.24 bits per heavy atom. The van der Waals surface area contributed by atoms with Crippen LogP contribution in [0, 0.1) is 11.8 Å². The quantitative estimate of drug-likeness (QED) is 0.677. The van der Waals surface area contributed by atoms with E-state index in [9.17, 15) is 4.79 Å². The molecule has 1 aliphatic carbocycles. The van der Waals surface area contributed by atoms with Crippen LogP contribution in [0.25, 0.3) is 0 Å². The maximum Gasteiger partial charge on any atom is 0.159 e. The molecule has 1 saturated carbocycles. The average Bonchev–Trinajstić information content (AvgIpc) is 2.55. The molecule has 1 aliphatic heterocycles. The van der Waals surface area contributed by atoms with Crippen molar-refractivity contribution in [3.05, 3.63) is 0 Å². The molecule has 122 valence electrons. The van der Waals surface area contributed by atoms with Crippen LogP contribution in [0.2, 0.25) is 0 Å². The van der Waals surface area contributed by atoms with Gasteiger partial charge in [-0.25, -0.2) is 0 Å². The summed E-state index contributed by atoms with van der Waals surface area (Å²) < 4.78 is 10.7. The molecular weight excluding hydrogens is 266 g/mol. The van der Waals surface area contributed by atoms with Crippen molar-refractivity contribution in [3.63, 3.8) is 0 Å². The van der Waals surface area contributed by atoms with E-state index in [1.165, 1.54) is 19.3 Å². The fourth-order valence-corrected chi connectivity index (χ4v) is 3.83. The van der Waals surface area contributed by atoms with E-state index in [-0.39, 0.29) is 6.29 Å². The average molecular weight is 297 g/mol. The van der Waals surface area contributed by atoms with Crippen LogP contribution in [0.4, 0.5) is 0 Å². The Labute approximate surface area is 129 Å². The number of methoxy groups -OCH3 is 2. The largest absolute Gasteiger partial charge is 0.356 e. The molecule has 1 saturated heterocycles. The van der Waals surface area contributed by atoms with Gasteiger partial charge in [-0.1, -0.05) is 19.3 Å². The number of nitrogens with zero attached hydrogens (tertiary/aromatic N) is 1. The Morgan fingerprint density at radius 2 is 1.67 bits per heavy atom. The maximum absolute atomic E-state index is 12.2. The van der Waals surface area contributed by atoms with Crippen LogP contribution in [-0.4, -0.2) is 50.8 Å². The summed E-state index contributed by atoms with van der Waals surface area (Å²) in [4.78, 5) is 14.7. The van der Waals surface area contributed by atoms with Crippen LogP contribution in [0.15, 0.2) is 0 Å². The van der Waals surface area contributed by atoms with Gasteiger partial charge in [0.25, 0.3) is 0 Å². The summed E-state index contributed by atoms with van der Waals surface area (Å²) in [6, 6.07) is 0. The van der Waals surface area contributed by atoms with Crippen LogP contribution in [-0.2, 0) is 14.3 Å². The standard InChI is InChI=1S/C17H31NO3/c1-20-17(21-2)15-8-11-18(12-9-15)13-10-16(19)14-6-4-3-5-7-14/h14-15,17H,3-13H2,1-2H3. The third-order valence-corrected chi connectivity index (χ3v) is 5.22. The van der Waals surface area contributed by atoms with Crippen LogP contribution in [0.3, 0.4) is 0 Å². The summed E-state index contributed by atoms with van der Waals surface area (Å²) in [5.41, 5.74) is 0. The first-order valence-corrected chi connectivity index (χ1v) is 8.55. The van der Waals surface area contributed by atoms with E-state index in [1.807, 2.05) is 0 Å². The van der Waals surface area contributed by atoms with Crippen molar-refractivity contribution < 1.29 is 14.3 Å². The Kier molecular flexibility index (Phi) is 7.14. The second-order valence-electron chi connectivity index (χ2n) is 6.57. The number of hydrogen-bond acceptors (Lipinski definition) is 4. The summed E-state index contributed by atoms with van der Waals surface area (Å²) in [5, 5.41) is 0. The van der Waals surface area contributed by atoms with E-state index in [4.69, 9.17) is 9.47 Å². The van der Waals surface area contributed by atoms with Gasteiger partial charge in [-0.05, 0) is 38.8 Å². The summed E-state index contributed by atoms with van der Waals surface area (Å²) >= 11 is 0. The molecule has 0 atom stereocenters. The number of carbonyl (C=O) groups excluding carboxylic acids is 1. The first-order valence-electron chi connectivity index (χ1n) is 8.55. The first-order chi connectivity index (χ1) is 10.2. The summed E-state index contributed by atoms with van der Waals surface area (Å²) in [6.45, 7) is 3.06. The van der Waals surface area contributed by atoms with E-state index in [0.717, 1.165) is 51.7 Å². The lowest BCUT2D eigenvalue weighted by atomic mass is 9.85. The molecule has 0 radical (unpaired) electrons. The molecule has 21 heavy (non-hydrogen) atoms. The van der Waals surface area contributed by atoms with Crippen LogP contribution in [0.1, 0.15) is 51.4 Å². The summed E-state index contributed by atoms with van der Waals surface area (Å²) in [5.74, 6) is 1.36. The molecular formula is C17H31NO3. The Morgan fingerprint density at radius 1 is 1.05 bits per heavy atom. The first kappa shape index (κ1) is 16.9. The van der Waals surface area contributed by atoms with Gasteiger partial charge < -0.3 is 14.4 Å². The highest BCUT2D eigenvalue weighted by atomic mass is 16.7. The third kappa shape index (κ3) is 5.04. The number of ether oxygens (including phenoxy) is 2. The van der Waals surface area contributed by atoms with Crippen molar-refractivity contribution in [2.24, 2.45) is 11.8 Å². The van der Waals surface area contributed by atoms with Gasteiger partial charge >= 0.3 is 0 Å². The predicted molar refractivity (Wildman–Crippen MR) is 83.2 cm³/mol. The second kappa shape index (κ2) is 8.86. The second-order valence-corrected chi connectivity index (χ2v) is 6.57. The molecule has 0 aromatic rings. The van der Waals surface area contributed by atoms with Crippen molar-refractivity contribution in [2.45, 2.75) is 57.7 Å². The fourth-order valence-electron chi connectivity index (χ4n) is 3.83. The van der Waals surface area contributed by atoms with Gasteiger partial charge in [-0.15, -0.1) is 0 Å². The molecule has 0 N–H and O–H groups in total. The van der Waals surface area contributed by atoms with Gasteiger partial charge in [0, 0.05) is 39.0 Å². The van der Waals surface area contributed by atoms with E-state index in [1.54, 1.807) is 14.2 Å². The lowest BCUT2D eigenvalue weighted by Crippen LogP contribution is -2.40. The highest BCUT2D eigenvalue weighted by Crippen LogP contribution is 2.26. The predicted octanol–water partition coefficient (Wildman–Crippen LogP) is 2.86. The van der Waals surface area contributed by atoms with E-state index in [2.05, 4.69) is 4.90 Å². The molecule has 0 aromatic carbocycles. The summed E-state index contributed by atoms with van der Waals surface area (Å²) in [7, 11) is 3.42. The minimum absolute atomic E-state index is 0.0731. The molecule has 2 rings (SSSR count). The van der Waals surface area contributed by atoms with Gasteiger partial charge in [0.2, 0.25) is 0 Å². The number of likely N-dealkylation sites (tertiary alicyclic amines) is 1. The van der Waals surface area contributed by atoms with Gasteiger partial charge in [-0.2, -0.15) is 0 Å². The zero-order chi connectivity index (χ0) is 15.1. The Balaban J connectivity index is 1.65. The number of carbonyl (C=O) groups is 1. The molecule has 1 heterocycles. The van der Waals surface area contributed by atoms with E-state index >= 15 is 0 Å². The zero-order valence-corrected chi connectivity index (χ0v) is 13.7. The van der Waals surface area contributed by atoms with Crippen molar-refractivity contribution in [2.75, 3.05) is 33.9 Å². The fraction of sp³-hybridized carbons (Fsp3) is 0.941. The maximum atomic E-state index is 12.2. The van der Waals surface area contributed by atoms with Crippen molar-refractivity contribution in [3.8, 4) is 0 Å². The molecule has 2 aliphatic rings. The topological polar surface area (TPSA) is 38.8 Å². The molecule has 0 unspecified atom stereocenters. The van der Waals surface area contributed by atoms with Crippen LogP contribution < -0.4 is 0 Å². The minimum Gasteiger partial charge on any atom is -0.356 e. The number of piperidine rings is 1. The monoisotopic (exact) mass is 297 g/mol. The van der Waals surface area contributed by atoms with Crippen molar-refractivity contribution in [1.82, 2.24) is 4.90 Å². The SMILES string of the molecule is COC(OC)C1CCN(CCC(=O)C2CCCCC2)CC1. The molecule has 4 nitrogen and oxygen atoms in total. The van der Waals surface area contributed by atoms with Gasteiger partial charge in [0.1, 0.15) is 5.78 Å².